The molecule has 4 aliphatic heterocycles. The van der Waals surface area contributed by atoms with Gasteiger partial charge in [0, 0.05) is 44.7 Å². The summed E-state index contributed by atoms with van der Waals surface area (Å²) >= 11 is 0. The lowest BCUT2D eigenvalue weighted by Crippen LogP contribution is -2.45. The summed E-state index contributed by atoms with van der Waals surface area (Å²) in [6.07, 6.45) is 4.04. The Labute approximate surface area is 177 Å². The van der Waals surface area contributed by atoms with E-state index >= 15 is 0 Å². The topological polar surface area (TPSA) is 68.3 Å². The Bertz CT molecular complexity index is 812. The molecule has 0 radical (unpaired) electrons. The van der Waals surface area contributed by atoms with Crippen molar-refractivity contribution in [1.29, 1.82) is 0 Å². The number of carbonyl (C=O) groups excluding carboxylic acids is 2. The summed E-state index contributed by atoms with van der Waals surface area (Å²) in [4.78, 5) is 30.0. The van der Waals surface area contributed by atoms with Crippen molar-refractivity contribution in [2.24, 2.45) is 5.41 Å². The molecule has 30 heavy (non-hydrogen) atoms. The fraction of sp³-hybridized carbons (Fsp3) is 0.652. The number of hydrogen-bond acceptors (Lipinski definition) is 6. The van der Waals surface area contributed by atoms with E-state index < -0.39 is 5.41 Å². The Kier molecular flexibility index (Phi) is 5.41. The van der Waals surface area contributed by atoms with Gasteiger partial charge in [-0.2, -0.15) is 0 Å². The number of cyclic esters (lactones) is 1. The van der Waals surface area contributed by atoms with Gasteiger partial charge in [-0.15, -0.1) is 0 Å². The van der Waals surface area contributed by atoms with Crippen LogP contribution in [0, 0.1) is 5.41 Å². The Morgan fingerprint density at radius 2 is 1.90 bits per heavy atom. The molecule has 0 aliphatic carbocycles. The number of fused-ring (bicyclic) bond motifs is 1. The van der Waals surface area contributed by atoms with Crippen LogP contribution in [0.5, 0.6) is 5.75 Å². The number of rotatable bonds is 3. The van der Waals surface area contributed by atoms with E-state index in [4.69, 9.17) is 14.2 Å². The predicted octanol–water partition coefficient (Wildman–Crippen LogP) is 1.88. The lowest BCUT2D eigenvalue weighted by Gasteiger charge is -2.36. The number of hydrogen-bond donors (Lipinski definition) is 0. The largest absolute Gasteiger partial charge is 0.493 e. The Hall–Kier alpha value is -2.12. The standard InChI is InChI=1S/C23H30N2O5/c26-21(18-3-4-20-17(14-18)2-1-11-29-20)25-7-5-23(6-8-25)15-19(30-22(23)27)16-24-9-12-28-13-10-24/h3-4,14,19H,1-2,5-13,15-16H2. The van der Waals surface area contributed by atoms with Crippen LogP contribution in [0.1, 0.15) is 41.6 Å². The molecule has 3 fully saturated rings. The van der Waals surface area contributed by atoms with Crippen molar-refractivity contribution in [2.45, 2.75) is 38.2 Å². The Morgan fingerprint density at radius 3 is 2.70 bits per heavy atom. The maximum absolute atomic E-state index is 13.0. The molecule has 0 N–H and O–H groups in total. The van der Waals surface area contributed by atoms with Crippen LogP contribution >= 0.6 is 0 Å². The second kappa shape index (κ2) is 8.19. The van der Waals surface area contributed by atoms with Gasteiger partial charge in [-0.25, -0.2) is 0 Å². The molecule has 0 saturated carbocycles. The molecule has 1 unspecified atom stereocenters. The molecule has 1 aromatic rings. The molecule has 4 aliphatic rings. The van der Waals surface area contributed by atoms with Crippen LogP contribution in [0.2, 0.25) is 0 Å². The summed E-state index contributed by atoms with van der Waals surface area (Å²) in [5.41, 5.74) is 1.41. The zero-order valence-electron chi connectivity index (χ0n) is 17.4. The van der Waals surface area contributed by atoms with Crippen molar-refractivity contribution < 1.29 is 23.8 Å². The molecule has 1 amide bonds. The molecular formula is C23H30N2O5. The molecule has 7 heteroatoms. The number of piperidine rings is 1. The SMILES string of the molecule is O=C(c1ccc2c(c1)CCCO2)N1CCC2(CC1)CC(CN1CCOCC1)OC2=O. The van der Waals surface area contributed by atoms with E-state index in [1.54, 1.807) is 0 Å². The summed E-state index contributed by atoms with van der Waals surface area (Å²) in [6, 6.07) is 5.75. The quantitative estimate of drug-likeness (QED) is 0.704. The van der Waals surface area contributed by atoms with Crippen molar-refractivity contribution in [3.8, 4) is 5.75 Å². The average Bonchev–Trinajstić information content (AvgIpc) is 3.08. The number of ether oxygens (including phenoxy) is 3. The van der Waals surface area contributed by atoms with Crippen LogP contribution in [0.3, 0.4) is 0 Å². The van der Waals surface area contributed by atoms with Gasteiger partial charge in [0.25, 0.3) is 5.91 Å². The van der Waals surface area contributed by atoms with Gasteiger partial charge >= 0.3 is 5.97 Å². The zero-order chi connectivity index (χ0) is 20.6. The maximum Gasteiger partial charge on any atom is 0.312 e. The molecule has 162 valence electrons. The van der Waals surface area contributed by atoms with Crippen LogP contribution in [0.15, 0.2) is 18.2 Å². The molecule has 0 bridgehead atoms. The minimum atomic E-state index is -0.419. The molecule has 7 nitrogen and oxygen atoms in total. The van der Waals surface area contributed by atoms with Gasteiger partial charge in [-0.3, -0.25) is 14.5 Å². The molecule has 4 heterocycles. The highest BCUT2D eigenvalue weighted by atomic mass is 16.6. The number of benzene rings is 1. The lowest BCUT2D eigenvalue weighted by molar-refractivity contribution is -0.151. The van der Waals surface area contributed by atoms with E-state index in [2.05, 4.69) is 4.90 Å². The van der Waals surface area contributed by atoms with Gasteiger partial charge in [0.2, 0.25) is 0 Å². The monoisotopic (exact) mass is 414 g/mol. The van der Waals surface area contributed by atoms with Gasteiger partial charge in [-0.1, -0.05) is 0 Å². The molecule has 5 rings (SSSR count). The number of nitrogens with zero attached hydrogens (tertiary/aromatic N) is 2. The number of amides is 1. The number of morpholine rings is 1. The summed E-state index contributed by atoms with van der Waals surface area (Å²) in [5, 5.41) is 0. The highest BCUT2D eigenvalue weighted by Crippen LogP contribution is 2.43. The summed E-state index contributed by atoms with van der Waals surface area (Å²) in [6.45, 7) is 6.03. The van der Waals surface area contributed by atoms with Gasteiger partial charge in [0.05, 0.1) is 25.2 Å². The second-order valence-corrected chi connectivity index (χ2v) is 8.99. The van der Waals surface area contributed by atoms with E-state index in [1.165, 1.54) is 0 Å². The van der Waals surface area contributed by atoms with E-state index in [9.17, 15) is 9.59 Å². The molecule has 1 spiro atoms. The van der Waals surface area contributed by atoms with Crippen molar-refractivity contribution in [2.75, 3.05) is 52.5 Å². The summed E-state index contributed by atoms with van der Waals surface area (Å²) in [7, 11) is 0. The van der Waals surface area contributed by atoms with E-state index in [1.807, 2.05) is 23.1 Å². The van der Waals surface area contributed by atoms with Crippen molar-refractivity contribution in [3.63, 3.8) is 0 Å². The van der Waals surface area contributed by atoms with Gasteiger partial charge in [0.1, 0.15) is 11.9 Å². The minimum absolute atomic E-state index is 0.0431. The van der Waals surface area contributed by atoms with Gasteiger partial charge < -0.3 is 19.1 Å². The fourth-order valence-corrected chi connectivity index (χ4v) is 5.23. The Morgan fingerprint density at radius 1 is 1.10 bits per heavy atom. The number of aryl methyl sites for hydroxylation is 1. The average molecular weight is 415 g/mol. The first kappa shape index (κ1) is 19.8. The third-order valence-electron chi connectivity index (χ3n) is 7.05. The van der Waals surface area contributed by atoms with Crippen LogP contribution < -0.4 is 4.74 Å². The zero-order valence-corrected chi connectivity index (χ0v) is 17.4. The van der Waals surface area contributed by atoms with Crippen LogP contribution in [0.25, 0.3) is 0 Å². The van der Waals surface area contributed by atoms with Crippen molar-refractivity contribution in [1.82, 2.24) is 9.80 Å². The molecule has 3 saturated heterocycles. The lowest BCUT2D eigenvalue weighted by atomic mass is 9.76. The molecule has 0 aromatic heterocycles. The predicted molar refractivity (Wildman–Crippen MR) is 110 cm³/mol. The molecule has 1 aromatic carbocycles. The molecular weight excluding hydrogens is 384 g/mol. The smallest absolute Gasteiger partial charge is 0.312 e. The number of esters is 1. The first-order valence-corrected chi connectivity index (χ1v) is 11.2. The van der Waals surface area contributed by atoms with Crippen LogP contribution in [-0.2, 0) is 20.7 Å². The fourth-order valence-electron chi connectivity index (χ4n) is 5.23. The minimum Gasteiger partial charge on any atom is -0.493 e. The maximum atomic E-state index is 13.0. The normalized spacial score (nSPS) is 26.2. The molecule has 1 atom stereocenters. The van der Waals surface area contributed by atoms with Crippen LogP contribution in [0.4, 0.5) is 0 Å². The first-order valence-electron chi connectivity index (χ1n) is 11.2. The van der Waals surface area contributed by atoms with E-state index in [-0.39, 0.29) is 18.0 Å². The Balaban J connectivity index is 1.19. The van der Waals surface area contributed by atoms with Crippen molar-refractivity contribution in [3.05, 3.63) is 29.3 Å². The third kappa shape index (κ3) is 3.81. The highest BCUT2D eigenvalue weighted by Gasteiger charge is 2.51. The van der Waals surface area contributed by atoms with E-state index in [0.29, 0.717) is 25.9 Å². The van der Waals surface area contributed by atoms with Gasteiger partial charge in [-0.05, 0) is 49.4 Å². The first-order chi connectivity index (χ1) is 14.6. The number of carbonyl (C=O) groups is 2. The second-order valence-electron chi connectivity index (χ2n) is 8.99. The van der Waals surface area contributed by atoms with Gasteiger partial charge in [0.15, 0.2) is 0 Å². The third-order valence-corrected chi connectivity index (χ3v) is 7.05. The highest BCUT2D eigenvalue weighted by molar-refractivity contribution is 5.95. The summed E-state index contributed by atoms with van der Waals surface area (Å²) < 4.78 is 16.8. The number of likely N-dealkylation sites (tertiary alicyclic amines) is 1. The van der Waals surface area contributed by atoms with Crippen LogP contribution in [-0.4, -0.2) is 80.3 Å². The van der Waals surface area contributed by atoms with E-state index in [0.717, 1.165) is 75.6 Å². The summed E-state index contributed by atoms with van der Waals surface area (Å²) in [5.74, 6) is 0.878. The van der Waals surface area contributed by atoms with Crippen molar-refractivity contribution >= 4 is 11.9 Å².